The smallest absolute Gasteiger partial charge is 0.240 e. The highest BCUT2D eigenvalue weighted by atomic mass is 16.2. The van der Waals surface area contributed by atoms with E-state index in [4.69, 9.17) is 0 Å². The Morgan fingerprint density at radius 2 is 2.05 bits per heavy atom. The Hall–Kier alpha value is -0.610. The third-order valence-corrected chi connectivity index (χ3v) is 5.28. The molecule has 0 spiro atoms. The molecule has 4 atom stereocenters. The van der Waals surface area contributed by atoms with E-state index in [0.29, 0.717) is 17.9 Å². The maximum absolute atomic E-state index is 12.5. The fourth-order valence-corrected chi connectivity index (χ4v) is 4.34. The van der Waals surface area contributed by atoms with Crippen LogP contribution in [0.2, 0.25) is 0 Å². The zero-order chi connectivity index (χ0) is 14.3. The number of nitrogens with zero attached hydrogens (tertiary/aromatic N) is 2. The number of hydrogen-bond acceptors (Lipinski definition) is 3. The summed E-state index contributed by atoms with van der Waals surface area (Å²) in [7, 11) is 0. The molecule has 3 fully saturated rings. The molecule has 0 radical (unpaired) electrons. The Morgan fingerprint density at radius 3 is 2.80 bits per heavy atom. The number of amides is 1. The molecule has 3 saturated heterocycles. The first kappa shape index (κ1) is 14.3. The molecule has 3 aliphatic heterocycles. The van der Waals surface area contributed by atoms with Crippen molar-refractivity contribution in [2.75, 3.05) is 13.1 Å². The standard InChI is InChI=1S/C16H29N3O/c1-11(2)9-15-17-12(3)16(20)19(15)14-6-8-18-7-4-5-13(18)10-14/h11-15,17H,4-10H2,1-3H3. The maximum atomic E-state index is 12.5. The molecule has 0 bridgehead atoms. The van der Waals surface area contributed by atoms with Gasteiger partial charge in [0.05, 0.1) is 12.2 Å². The van der Waals surface area contributed by atoms with Crippen LogP contribution in [0.4, 0.5) is 0 Å². The van der Waals surface area contributed by atoms with Crippen LogP contribution in [-0.2, 0) is 4.79 Å². The molecule has 20 heavy (non-hydrogen) atoms. The van der Waals surface area contributed by atoms with Crippen LogP contribution in [-0.4, -0.2) is 53.1 Å². The van der Waals surface area contributed by atoms with Gasteiger partial charge in [0.2, 0.25) is 5.91 Å². The van der Waals surface area contributed by atoms with Crippen LogP contribution < -0.4 is 5.32 Å². The summed E-state index contributed by atoms with van der Waals surface area (Å²) in [5, 5.41) is 3.50. The summed E-state index contributed by atoms with van der Waals surface area (Å²) in [5.41, 5.74) is 0. The lowest BCUT2D eigenvalue weighted by atomic mass is 9.95. The SMILES string of the molecule is CC(C)CC1NC(C)C(=O)N1C1CCN2CCCC2C1. The molecular weight excluding hydrogens is 250 g/mol. The van der Waals surface area contributed by atoms with Crippen molar-refractivity contribution >= 4 is 5.91 Å². The van der Waals surface area contributed by atoms with Crippen molar-refractivity contribution in [2.24, 2.45) is 5.92 Å². The number of piperidine rings is 1. The lowest BCUT2D eigenvalue weighted by molar-refractivity contribution is -0.133. The van der Waals surface area contributed by atoms with Crippen LogP contribution in [0.25, 0.3) is 0 Å². The highest BCUT2D eigenvalue weighted by Gasteiger charge is 2.43. The second kappa shape index (κ2) is 5.64. The monoisotopic (exact) mass is 279 g/mol. The Balaban J connectivity index is 1.71. The first-order valence-electron chi connectivity index (χ1n) is 8.38. The van der Waals surface area contributed by atoms with Crippen molar-refractivity contribution in [3.63, 3.8) is 0 Å². The first-order chi connectivity index (χ1) is 9.56. The summed E-state index contributed by atoms with van der Waals surface area (Å²) in [4.78, 5) is 17.4. The van der Waals surface area contributed by atoms with E-state index in [9.17, 15) is 4.79 Å². The van der Waals surface area contributed by atoms with Crippen LogP contribution in [0, 0.1) is 5.92 Å². The minimum absolute atomic E-state index is 0.000331. The van der Waals surface area contributed by atoms with Gasteiger partial charge in [0, 0.05) is 18.6 Å². The van der Waals surface area contributed by atoms with Crippen LogP contribution in [0.3, 0.4) is 0 Å². The quantitative estimate of drug-likeness (QED) is 0.856. The summed E-state index contributed by atoms with van der Waals surface area (Å²) in [6, 6.07) is 1.19. The van der Waals surface area contributed by atoms with Gasteiger partial charge in [-0.2, -0.15) is 0 Å². The van der Waals surface area contributed by atoms with E-state index in [0.717, 1.165) is 18.9 Å². The topological polar surface area (TPSA) is 35.6 Å². The van der Waals surface area contributed by atoms with Gasteiger partial charge in [-0.1, -0.05) is 13.8 Å². The zero-order valence-corrected chi connectivity index (χ0v) is 13.1. The number of carbonyl (C=O) groups excluding carboxylic acids is 1. The molecule has 4 nitrogen and oxygen atoms in total. The highest BCUT2D eigenvalue weighted by molar-refractivity contribution is 5.84. The first-order valence-corrected chi connectivity index (χ1v) is 8.38. The molecule has 114 valence electrons. The Labute approximate surface area is 122 Å². The Kier molecular flexibility index (Phi) is 4.04. The Morgan fingerprint density at radius 1 is 1.25 bits per heavy atom. The molecule has 0 aromatic rings. The number of hydrogen-bond donors (Lipinski definition) is 1. The summed E-state index contributed by atoms with van der Waals surface area (Å²) < 4.78 is 0. The molecular formula is C16H29N3O. The summed E-state index contributed by atoms with van der Waals surface area (Å²) in [6.07, 6.45) is 6.35. The normalized spacial score (nSPS) is 38.8. The third-order valence-electron chi connectivity index (χ3n) is 5.28. The Bertz CT molecular complexity index is 371. The molecule has 0 aromatic carbocycles. The van der Waals surface area contributed by atoms with E-state index in [2.05, 4.69) is 29.0 Å². The van der Waals surface area contributed by atoms with Crippen LogP contribution in [0.5, 0.6) is 0 Å². The number of nitrogens with one attached hydrogen (secondary N) is 1. The largest absolute Gasteiger partial charge is 0.323 e. The summed E-state index contributed by atoms with van der Waals surface area (Å²) in [6.45, 7) is 8.96. The predicted octanol–water partition coefficient (Wildman–Crippen LogP) is 1.81. The number of rotatable bonds is 3. The van der Waals surface area contributed by atoms with Crippen LogP contribution in [0.15, 0.2) is 0 Å². The fourth-order valence-electron chi connectivity index (χ4n) is 4.34. The van der Waals surface area contributed by atoms with Gasteiger partial charge < -0.3 is 9.80 Å². The minimum Gasteiger partial charge on any atom is -0.323 e. The van der Waals surface area contributed by atoms with Crippen LogP contribution >= 0.6 is 0 Å². The molecule has 1 amide bonds. The average molecular weight is 279 g/mol. The maximum Gasteiger partial charge on any atom is 0.240 e. The van der Waals surface area contributed by atoms with Gasteiger partial charge in [0.25, 0.3) is 0 Å². The van der Waals surface area contributed by atoms with Crippen molar-refractivity contribution in [2.45, 2.75) is 77.2 Å². The molecule has 3 rings (SSSR count). The molecule has 3 aliphatic rings. The van der Waals surface area contributed by atoms with Gasteiger partial charge in [-0.25, -0.2) is 0 Å². The second-order valence-corrected chi connectivity index (χ2v) is 7.29. The van der Waals surface area contributed by atoms with Crippen LogP contribution in [0.1, 0.15) is 52.9 Å². The van der Waals surface area contributed by atoms with E-state index >= 15 is 0 Å². The molecule has 4 unspecified atom stereocenters. The average Bonchev–Trinajstić information content (AvgIpc) is 2.94. The van der Waals surface area contributed by atoms with Gasteiger partial charge >= 0.3 is 0 Å². The van der Waals surface area contributed by atoms with Crippen molar-refractivity contribution in [3.05, 3.63) is 0 Å². The van der Waals surface area contributed by atoms with E-state index in [1.54, 1.807) is 0 Å². The fraction of sp³-hybridized carbons (Fsp3) is 0.938. The van der Waals surface area contributed by atoms with Gasteiger partial charge in [-0.3, -0.25) is 10.1 Å². The zero-order valence-electron chi connectivity index (χ0n) is 13.1. The van der Waals surface area contributed by atoms with Crippen molar-refractivity contribution in [1.29, 1.82) is 0 Å². The molecule has 1 N–H and O–H groups in total. The summed E-state index contributed by atoms with van der Waals surface area (Å²) in [5.74, 6) is 0.951. The van der Waals surface area contributed by atoms with E-state index < -0.39 is 0 Å². The van der Waals surface area contributed by atoms with E-state index in [-0.39, 0.29) is 12.2 Å². The van der Waals surface area contributed by atoms with Gasteiger partial charge in [-0.15, -0.1) is 0 Å². The predicted molar refractivity (Wildman–Crippen MR) is 80.3 cm³/mol. The van der Waals surface area contributed by atoms with Crippen molar-refractivity contribution in [1.82, 2.24) is 15.1 Å². The van der Waals surface area contributed by atoms with E-state index in [1.807, 2.05) is 6.92 Å². The molecule has 0 aliphatic carbocycles. The van der Waals surface area contributed by atoms with Gasteiger partial charge in [-0.05, 0) is 51.5 Å². The minimum atomic E-state index is 0.000331. The summed E-state index contributed by atoms with van der Waals surface area (Å²) >= 11 is 0. The molecule has 3 heterocycles. The highest BCUT2D eigenvalue weighted by Crippen LogP contribution is 2.32. The van der Waals surface area contributed by atoms with Gasteiger partial charge in [0.1, 0.15) is 0 Å². The van der Waals surface area contributed by atoms with Crippen molar-refractivity contribution < 1.29 is 4.79 Å². The number of fused-ring (bicyclic) bond motifs is 1. The number of carbonyl (C=O) groups is 1. The van der Waals surface area contributed by atoms with Crippen molar-refractivity contribution in [3.8, 4) is 0 Å². The lowest BCUT2D eigenvalue weighted by Crippen LogP contribution is -2.52. The third kappa shape index (κ3) is 2.60. The molecule has 0 saturated carbocycles. The van der Waals surface area contributed by atoms with E-state index in [1.165, 1.54) is 32.4 Å². The van der Waals surface area contributed by atoms with Gasteiger partial charge in [0.15, 0.2) is 0 Å². The second-order valence-electron chi connectivity index (χ2n) is 7.29. The molecule has 4 heteroatoms. The lowest BCUT2D eigenvalue weighted by Gasteiger charge is -2.41. The molecule has 0 aromatic heterocycles.